The normalized spacial score (nSPS) is 21.9. The van der Waals surface area contributed by atoms with E-state index in [4.69, 9.17) is 4.74 Å². The van der Waals surface area contributed by atoms with Gasteiger partial charge in [-0.15, -0.1) is 0 Å². The molecule has 2 fully saturated rings. The Labute approximate surface area is 144 Å². The van der Waals surface area contributed by atoms with E-state index >= 15 is 0 Å². The number of piperazine rings is 1. The van der Waals surface area contributed by atoms with E-state index in [0.29, 0.717) is 19.1 Å². The van der Waals surface area contributed by atoms with Crippen LogP contribution in [0.4, 0.5) is 10.6 Å². The topological polar surface area (TPSA) is 57.7 Å². The Balaban J connectivity index is 1.64. The van der Waals surface area contributed by atoms with Gasteiger partial charge in [-0.1, -0.05) is 6.07 Å². The molecule has 0 bridgehead atoms. The van der Waals surface area contributed by atoms with Gasteiger partial charge in [-0.25, -0.2) is 9.78 Å². The molecule has 6 nitrogen and oxygen atoms in total. The molecule has 1 unspecified atom stereocenters. The number of carbonyl (C=O) groups excluding carboxylic acids is 1. The summed E-state index contributed by atoms with van der Waals surface area (Å²) in [4.78, 5) is 20.9. The third kappa shape index (κ3) is 3.98. The Bertz CT molecular complexity index is 571. The predicted octanol–water partition coefficient (Wildman–Crippen LogP) is 2.56. The molecule has 1 aromatic rings. The summed E-state index contributed by atoms with van der Waals surface area (Å²) in [5.74, 6) is 1.06. The molecule has 1 atom stereocenters. The third-order valence-corrected chi connectivity index (χ3v) is 4.48. The molecule has 6 heteroatoms. The highest BCUT2D eigenvalue weighted by Gasteiger charge is 2.28. The molecule has 0 aliphatic carbocycles. The van der Waals surface area contributed by atoms with Crippen LogP contribution in [0.15, 0.2) is 18.3 Å². The van der Waals surface area contributed by atoms with E-state index in [0.717, 1.165) is 31.9 Å². The number of pyridine rings is 1. The van der Waals surface area contributed by atoms with Gasteiger partial charge in [0.05, 0.1) is 0 Å². The van der Waals surface area contributed by atoms with Crippen LogP contribution in [-0.4, -0.2) is 54.3 Å². The van der Waals surface area contributed by atoms with Crippen LogP contribution in [0, 0.1) is 0 Å². The smallest absolute Gasteiger partial charge is 0.410 e. The number of hydrogen-bond acceptors (Lipinski definition) is 5. The summed E-state index contributed by atoms with van der Waals surface area (Å²) in [6.07, 6.45) is 4.01. The van der Waals surface area contributed by atoms with Gasteiger partial charge in [0, 0.05) is 44.0 Å². The minimum absolute atomic E-state index is 0.221. The lowest BCUT2D eigenvalue weighted by Gasteiger charge is -2.37. The van der Waals surface area contributed by atoms with Gasteiger partial charge in [0.15, 0.2) is 0 Å². The van der Waals surface area contributed by atoms with Crippen LogP contribution in [-0.2, 0) is 4.74 Å². The molecule has 3 rings (SSSR count). The minimum Gasteiger partial charge on any atom is -0.444 e. The van der Waals surface area contributed by atoms with Gasteiger partial charge >= 0.3 is 6.09 Å². The molecule has 0 saturated carbocycles. The van der Waals surface area contributed by atoms with E-state index in [1.54, 1.807) is 4.90 Å². The van der Waals surface area contributed by atoms with E-state index < -0.39 is 5.60 Å². The van der Waals surface area contributed by atoms with Gasteiger partial charge in [0.25, 0.3) is 0 Å². The van der Waals surface area contributed by atoms with E-state index in [9.17, 15) is 4.79 Å². The molecule has 3 heterocycles. The second kappa shape index (κ2) is 6.97. The zero-order chi connectivity index (χ0) is 17.2. The fraction of sp³-hybridized carbons (Fsp3) is 0.667. The number of aromatic nitrogens is 1. The Kier molecular flexibility index (Phi) is 4.94. The average molecular weight is 332 g/mol. The number of nitrogens with one attached hydrogen (secondary N) is 1. The first-order valence-corrected chi connectivity index (χ1v) is 8.85. The Morgan fingerprint density at radius 1 is 1.29 bits per heavy atom. The molecule has 0 spiro atoms. The van der Waals surface area contributed by atoms with Crippen molar-refractivity contribution in [3.05, 3.63) is 23.9 Å². The second-order valence-corrected chi connectivity index (χ2v) is 7.52. The first kappa shape index (κ1) is 17.0. The largest absolute Gasteiger partial charge is 0.444 e. The highest BCUT2D eigenvalue weighted by Crippen LogP contribution is 2.30. The van der Waals surface area contributed by atoms with E-state index in [1.165, 1.54) is 12.0 Å². The molecule has 1 aromatic heterocycles. The van der Waals surface area contributed by atoms with E-state index in [2.05, 4.69) is 21.3 Å². The van der Waals surface area contributed by atoms with Crippen LogP contribution < -0.4 is 10.2 Å². The highest BCUT2D eigenvalue weighted by atomic mass is 16.6. The summed E-state index contributed by atoms with van der Waals surface area (Å²) in [5, 5.41) is 3.55. The van der Waals surface area contributed by atoms with Crippen molar-refractivity contribution in [3.8, 4) is 0 Å². The Hall–Kier alpha value is -1.82. The lowest BCUT2D eigenvalue weighted by molar-refractivity contribution is 0.0240. The number of amides is 1. The number of rotatable bonds is 2. The fourth-order valence-corrected chi connectivity index (χ4v) is 3.32. The maximum atomic E-state index is 12.2. The molecule has 0 aromatic carbocycles. The third-order valence-electron chi connectivity index (χ3n) is 4.48. The highest BCUT2D eigenvalue weighted by molar-refractivity contribution is 5.68. The average Bonchev–Trinajstić information content (AvgIpc) is 3.08. The van der Waals surface area contributed by atoms with E-state index in [1.807, 2.05) is 33.0 Å². The van der Waals surface area contributed by atoms with Crippen LogP contribution >= 0.6 is 0 Å². The van der Waals surface area contributed by atoms with Gasteiger partial charge < -0.3 is 19.9 Å². The summed E-state index contributed by atoms with van der Waals surface area (Å²) in [5.41, 5.74) is 0.831. The van der Waals surface area contributed by atoms with Crippen molar-refractivity contribution in [2.75, 3.05) is 37.6 Å². The molecule has 132 valence electrons. The quantitative estimate of drug-likeness (QED) is 0.902. The van der Waals surface area contributed by atoms with Crippen LogP contribution in [0.2, 0.25) is 0 Å². The van der Waals surface area contributed by atoms with Gasteiger partial charge in [0.1, 0.15) is 11.4 Å². The van der Waals surface area contributed by atoms with Crippen LogP contribution in [0.5, 0.6) is 0 Å². The molecule has 2 aliphatic heterocycles. The standard InChI is InChI=1S/C18H28N4O2/c1-18(2,3)24-17(23)22-12-10-21(11-13-22)16-14(6-4-9-20-16)15-7-5-8-19-15/h4,6,9,15,19H,5,7-8,10-13H2,1-3H3. The molecule has 2 saturated heterocycles. The summed E-state index contributed by atoms with van der Waals surface area (Å²) in [7, 11) is 0. The number of hydrogen-bond donors (Lipinski definition) is 1. The van der Waals surface area contributed by atoms with Crippen LogP contribution in [0.3, 0.4) is 0 Å². The number of anilines is 1. The molecule has 0 radical (unpaired) electrons. The number of nitrogens with zero attached hydrogens (tertiary/aromatic N) is 3. The zero-order valence-electron chi connectivity index (χ0n) is 14.9. The summed E-state index contributed by atoms with van der Waals surface area (Å²) >= 11 is 0. The van der Waals surface area contributed by atoms with Crippen molar-refractivity contribution < 1.29 is 9.53 Å². The van der Waals surface area contributed by atoms with E-state index in [-0.39, 0.29) is 6.09 Å². The predicted molar refractivity (Wildman–Crippen MR) is 94.2 cm³/mol. The zero-order valence-corrected chi connectivity index (χ0v) is 14.9. The summed E-state index contributed by atoms with van der Waals surface area (Å²) < 4.78 is 5.47. The van der Waals surface area contributed by atoms with Crippen molar-refractivity contribution in [1.82, 2.24) is 15.2 Å². The maximum absolute atomic E-state index is 12.2. The minimum atomic E-state index is -0.448. The monoisotopic (exact) mass is 332 g/mol. The van der Waals surface area contributed by atoms with Gasteiger partial charge in [-0.2, -0.15) is 0 Å². The van der Waals surface area contributed by atoms with Crippen molar-refractivity contribution in [1.29, 1.82) is 0 Å². The Morgan fingerprint density at radius 2 is 2.04 bits per heavy atom. The van der Waals surface area contributed by atoms with Gasteiger partial charge in [-0.3, -0.25) is 0 Å². The summed E-state index contributed by atoms with van der Waals surface area (Å²) in [6, 6.07) is 4.58. The second-order valence-electron chi connectivity index (χ2n) is 7.52. The van der Waals surface area contributed by atoms with Crippen LogP contribution in [0.1, 0.15) is 45.2 Å². The maximum Gasteiger partial charge on any atom is 0.410 e. The lowest BCUT2D eigenvalue weighted by Crippen LogP contribution is -2.50. The first-order valence-electron chi connectivity index (χ1n) is 8.85. The van der Waals surface area contributed by atoms with Crippen LogP contribution in [0.25, 0.3) is 0 Å². The number of carbonyl (C=O) groups is 1. The van der Waals surface area contributed by atoms with Crippen molar-refractivity contribution in [2.24, 2.45) is 0 Å². The van der Waals surface area contributed by atoms with Gasteiger partial charge in [-0.05, 0) is 46.2 Å². The fourth-order valence-electron chi connectivity index (χ4n) is 3.32. The van der Waals surface area contributed by atoms with Gasteiger partial charge in [0.2, 0.25) is 0 Å². The molecular formula is C18H28N4O2. The lowest BCUT2D eigenvalue weighted by atomic mass is 10.1. The SMILES string of the molecule is CC(C)(C)OC(=O)N1CCN(c2ncccc2C2CCCN2)CC1. The first-order chi connectivity index (χ1) is 11.4. The van der Waals surface area contributed by atoms with Crippen molar-refractivity contribution in [3.63, 3.8) is 0 Å². The molecule has 1 N–H and O–H groups in total. The molecule has 24 heavy (non-hydrogen) atoms. The molecule has 2 aliphatic rings. The van der Waals surface area contributed by atoms with Crippen molar-refractivity contribution >= 4 is 11.9 Å². The molecular weight excluding hydrogens is 304 g/mol. The van der Waals surface area contributed by atoms with Crippen molar-refractivity contribution in [2.45, 2.75) is 45.3 Å². The summed E-state index contributed by atoms with van der Waals surface area (Å²) in [6.45, 7) is 9.69. The Morgan fingerprint density at radius 3 is 2.67 bits per heavy atom. The molecule has 1 amide bonds. The number of ether oxygens (including phenoxy) is 1.